The van der Waals surface area contributed by atoms with Gasteiger partial charge in [0.25, 0.3) is 0 Å². The van der Waals surface area contributed by atoms with Gasteiger partial charge in [0.1, 0.15) is 5.75 Å². The van der Waals surface area contributed by atoms with E-state index in [1.54, 1.807) is 72.8 Å². The Hall–Kier alpha value is -2.67. The van der Waals surface area contributed by atoms with E-state index in [-0.39, 0.29) is 15.5 Å². The Kier molecular flexibility index (Phi) is 4.71. The molecule has 0 saturated carbocycles. The smallest absolute Gasteiger partial charge is 0.222 e. The van der Waals surface area contributed by atoms with Crippen LogP contribution in [0.1, 0.15) is 16.7 Å². The summed E-state index contributed by atoms with van der Waals surface area (Å²) in [6, 6.07) is 19.9. The van der Waals surface area contributed by atoms with Crippen LogP contribution in [0.25, 0.3) is 0 Å². The number of aromatic hydroxyl groups is 1. The summed E-state index contributed by atoms with van der Waals surface area (Å²) in [5.41, 5.74) is 2.43. The second-order valence-corrected chi connectivity index (χ2v) is 8.65. The predicted octanol–water partition coefficient (Wildman–Crippen LogP) is 3.78. The highest BCUT2D eigenvalue weighted by Gasteiger charge is 2.40. The minimum absolute atomic E-state index is 0.149. The molecule has 0 atom stereocenters. The highest BCUT2D eigenvalue weighted by atomic mass is 32.2. The van der Waals surface area contributed by atoms with Gasteiger partial charge in [-0.2, -0.15) is 0 Å². The van der Waals surface area contributed by atoms with Crippen molar-refractivity contribution in [2.75, 3.05) is 13.2 Å². The molecule has 0 bridgehead atoms. The zero-order chi connectivity index (χ0) is 19.8. The van der Waals surface area contributed by atoms with Crippen LogP contribution in [0, 0.1) is 6.92 Å². The molecule has 4 rings (SSSR count). The van der Waals surface area contributed by atoms with E-state index in [0.717, 1.165) is 11.1 Å². The zero-order valence-electron chi connectivity index (χ0n) is 15.3. The molecule has 0 amide bonds. The summed E-state index contributed by atoms with van der Waals surface area (Å²) in [4.78, 5) is 0.464. The van der Waals surface area contributed by atoms with Crippen molar-refractivity contribution in [2.24, 2.45) is 0 Å². The van der Waals surface area contributed by atoms with Crippen molar-refractivity contribution in [3.63, 3.8) is 0 Å². The second-order valence-electron chi connectivity index (χ2n) is 6.70. The lowest BCUT2D eigenvalue weighted by Crippen LogP contribution is -2.28. The maximum atomic E-state index is 12.9. The van der Waals surface area contributed by atoms with E-state index in [1.807, 2.05) is 6.92 Å². The minimum atomic E-state index is -3.60. The Balaban J connectivity index is 1.72. The highest BCUT2D eigenvalue weighted by molar-refractivity contribution is 7.91. The summed E-state index contributed by atoms with van der Waals surface area (Å²) in [5, 5.41) is 9.56. The molecule has 1 heterocycles. The van der Waals surface area contributed by atoms with Crippen LogP contribution in [0.15, 0.2) is 82.6 Å². The van der Waals surface area contributed by atoms with E-state index >= 15 is 0 Å². The highest BCUT2D eigenvalue weighted by Crippen LogP contribution is 2.39. The number of phenols is 1. The van der Waals surface area contributed by atoms with E-state index in [1.165, 1.54) is 0 Å². The lowest BCUT2D eigenvalue weighted by Gasteiger charge is -2.28. The molecular formula is C22H20O5S. The first kappa shape index (κ1) is 18.7. The predicted molar refractivity (Wildman–Crippen MR) is 104 cm³/mol. The van der Waals surface area contributed by atoms with Crippen molar-refractivity contribution in [1.82, 2.24) is 0 Å². The van der Waals surface area contributed by atoms with Crippen LogP contribution in [0.5, 0.6) is 5.75 Å². The molecule has 0 spiro atoms. The van der Waals surface area contributed by atoms with Crippen LogP contribution < -0.4 is 0 Å². The topological polar surface area (TPSA) is 72.8 Å². The molecule has 28 heavy (non-hydrogen) atoms. The standard InChI is InChI=1S/C22H20O5S/c1-16-2-10-20(11-3-16)28(24,25)21-12-6-18(7-13-21)22(26-14-15-27-22)17-4-8-19(23)9-5-17/h2-13,23H,14-15H2,1H3. The summed E-state index contributed by atoms with van der Waals surface area (Å²) in [7, 11) is -3.60. The lowest BCUT2D eigenvalue weighted by atomic mass is 9.97. The first-order valence-electron chi connectivity index (χ1n) is 8.91. The Morgan fingerprint density at radius 2 is 1.18 bits per heavy atom. The van der Waals surface area contributed by atoms with Gasteiger partial charge in [-0.1, -0.05) is 29.8 Å². The van der Waals surface area contributed by atoms with Gasteiger partial charge in [0, 0.05) is 11.1 Å². The molecule has 144 valence electrons. The van der Waals surface area contributed by atoms with Crippen LogP contribution >= 0.6 is 0 Å². The third kappa shape index (κ3) is 3.20. The van der Waals surface area contributed by atoms with E-state index in [4.69, 9.17) is 9.47 Å². The monoisotopic (exact) mass is 396 g/mol. The Morgan fingerprint density at radius 3 is 1.68 bits per heavy atom. The molecule has 0 radical (unpaired) electrons. The summed E-state index contributed by atoms with van der Waals surface area (Å²) in [5.74, 6) is -0.962. The molecule has 1 aliphatic rings. The number of rotatable bonds is 4. The number of hydrogen-bond acceptors (Lipinski definition) is 5. The molecule has 0 unspecified atom stereocenters. The molecule has 1 aliphatic heterocycles. The Bertz CT molecular complexity index is 1060. The summed E-state index contributed by atoms with van der Waals surface area (Å²) < 4.78 is 37.6. The quantitative estimate of drug-likeness (QED) is 0.727. The largest absolute Gasteiger partial charge is 0.508 e. The molecular weight excluding hydrogens is 376 g/mol. The normalized spacial score (nSPS) is 16.2. The first-order valence-corrected chi connectivity index (χ1v) is 10.4. The summed E-state index contributed by atoms with van der Waals surface area (Å²) in [6.07, 6.45) is 0. The molecule has 5 nitrogen and oxygen atoms in total. The molecule has 1 saturated heterocycles. The number of hydrogen-bond donors (Lipinski definition) is 1. The van der Waals surface area contributed by atoms with Gasteiger partial charge in [0.05, 0.1) is 23.0 Å². The molecule has 3 aromatic rings. The molecule has 3 aromatic carbocycles. The lowest BCUT2D eigenvalue weighted by molar-refractivity contribution is -0.129. The van der Waals surface area contributed by atoms with E-state index in [2.05, 4.69) is 0 Å². The fourth-order valence-electron chi connectivity index (χ4n) is 3.30. The number of aryl methyl sites for hydroxylation is 1. The number of benzene rings is 3. The van der Waals surface area contributed by atoms with Crippen LogP contribution in [0.2, 0.25) is 0 Å². The van der Waals surface area contributed by atoms with Gasteiger partial charge in [0.2, 0.25) is 15.6 Å². The van der Waals surface area contributed by atoms with Gasteiger partial charge in [-0.3, -0.25) is 0 Å². The SMILES string of the molecule is Cc1ccc(S(=O)(=O)c2ccc(C3(c4ccc(O)cc4)OCCO3)cc2)cc1. The molecule has 1 fully saturated rings. The van der Waals surface area contributed by atoms with Gasteiger partial charge < -0.3 is 14.6 Å². The fraction of sp³-hybridized carbons (Fsp3) is 0.182. The van der Waals surface area contributed by atoms with Gasteiger partial charge in [-0.05, 0) is 55.5 Å². The summed E-state index contributed by atoms with van der Waals surface area (Å²) in [6.45, 7) is 2.75. The van der Waals surface area contributed by atoms with E-state index in [9.17, 15) is 13.5 Å². The van der Waals surface area contributed by atoms with Crippen molar-refractivity contribution in [3.05, 3.63) is 89.5 Å². The molecule has 0 aliphatic carbocycles. The summed E-state index contributed by atoms with van der Waals surface area (Å²) >= 11 is 0. The van der Waals surface area contributed by atoms with E-state index < -0.39 is 15.6 Å². The minimum Gasteiger partial charge on any atom is -0.508 e. The first-order chi connectivity index (χ1) is 13.4. The van der Waals surface area contributed by atoms with Gasteiger partial charge in [0.15, 0.2) is 0 Å². The average molecular weight is 396 g/mol. The van der Waals surface area contributed by atoms with Gasteiger partial charge in [-0.25, -0.2) is 8.42 Å². The van der Waals surface area contributed by atoms with Crippen LogP contribution in [0.3, 0.4) is 0 Å². The van der Waals surface area contributed by atoms with Crippen LogP contribution in [0.4, 0.5) is 0 Å². The van der Waals surface area contributed by atoms with Crippen molar-refractivity contribution in [2.45, 2.75) is 22.5 Å². The van der Waals surface area contributed by atoms with Crippen molar-refractivity contribution >= 4 is 9.84 Å². The van der Waals surface area contributed by atoms with Crippen molar-refractivity contribution in [3.8, 4) is 5.75 Å². The van der Waals surface area contributed by atoms with Crippen molar-refractivity contribution in [1.29, 1.82) is 0 Å². The maximum absolute atomic E-state index is 12.9. The molecule has 1 N–H and O–H groups in total. The number of phenolic OH excluding ortho intramolecular Hbond substituents is 1. The third-order valence-corrected chi connectivity index (χ3v) is 6.60. The Labute approximate surface area is 164 Å². The van der Waals surface area contributed by atoms with Gasteiger partial charge >= 0.3 is 0 Å². The fourth-order valence-corrected chi connectivity index (χ4v) is 4.56. The van der Waals surface area contributed by atoms with Crippen LogP contribution in [-0.4, -0.2) is 26.7 Å². The second kappa shape index (κ2) is 7.05. The average Bonchev–Trinajstić information content (AvgIpc) is 3.20. The molecule has 0 aromatic heterocycles. The maximum Gasteiger partial charge on any atom is 0.222 e. The zero-order valence-corrected chi connectivity index (χ0v) is 16.1. The van der Waals surface area contributed by atoms with Gasteiger partial charge in [-0.15, -0.1) is 0 Å². The van der Waals surface area contributed by atoms with Crippen LogP contribution in [-0.2, 0) is 25.1 Å². The Morgan fingerprint density at radius 1 is 0.750 bits per heavy atom. The number of sulfone groups is 1. The van der Waals surface area contributed by atoms with E-state index in [0.29, 0.717) is 18.8 Å². The third-order valence-electron chi connectivity index (χ3n) is 4.82. The number of ether oxygens (including phenoxy) is 2. The molecule has 6 heteroatoms. The van der Waals surface area contributed by atoms with Crippen molar-refractivity contribution < 1.29 is 23.0 Å².